The van der Waals surface area contributed by atoms with Crippen molar-refractivity contribution in [1.29, 1.82) is 0 Å². The quantitative estimate of drug-likeness (QED) is 0.679. The highest BCUT2D eigenvalue weighted by molar-refractivity contribution is 6.01. The Balaban J connectivity index is 1.31. The molecule has 3 amide bonds. The summed E-state index contributed by atoms with van der Waals surface area (Å²) in [4.78, 5) is 30.2. The molecule has 1 atom stereocenters. The van der Waals surface area contributed by atoms with E-state index in [2.05, 4.69) is 20.7 Å². The number of aryl methyl sites for hydroxylation is 1. The normalized spacial score (nSPS) is 16.3. The maximum absolute atomic E-state index is 14.3. The molecule has 1 saturated heterocycles. The lowest BCUT2D eigenvalue weighted by Crippen LogP contribution is -2.45. The highest BCUT2D eigenvalue weighted by Gasteiger charge is 2.34. The predicted molar refractivity (Wildman–Crippen MR) is 103 cm³/mol. The van der Waals surface area contributed by atoms with Crippen molar-refractivity contribution in [1.82, 2.24) is 30.0 Å². The van der Waals surface area contributed by atoms with Crippen LogP contribution in [0, 0.1) is 5.82 Å². The fraction of sp³-hybridized carbons (Fsp3) is 0.263. The van der Waals surface area contributed by atoms with E-state index in [0.717, 1.165) is 0 Å². The Morgan fingerprint density at radius 2 is 2.24 bits per heavy atom. The molecule has 0 spiro atoms. The van der Waals surface area contributed by atoms with Gasteiger partial charge in [-0.05, 0) is 24.1 Å². The molecule has 1 aliphatic heterocycles. The van der Waals surface area contributed by atoms with E-state index in [1.165, 1.54) is 12.4 Å². The van der Waals surface area contributed by atoms with Gasteiger partial charge in [0.2, 0.25) is 5.91 Å². The van der Waals surface area contributed by atoms with Gasteiger partial charge in [-0.1, -0.05) is 6.07 Å². The van der Waals surface area contributed by atoms with Gasteiger partial charge < -0.3 is 20.1 Å². The molecule has 9 nitrogen and oxygen atoms in total. The first-order valence-corrected chi connectivity index (χ1v) is 9.12. The number of carbonyl (C=O) groups excluding carboxylic acids is 2. The first kappa shape index (κ1) is 18.7. The van der Waals surface area contributed by atoms with Gasteiger partial charge in [0.25, 0.3) is 0 Å². The number of nitrogens with one attached hydrogen (secondary N) is 2. The number of imidazole rings is 1. The first-order chi connectivity index (χ1) is 14.0. The summed E-state index contributed by atoms with van der Waals surface area (Å²) in [6.45, 7) is 0.649. The number of carbonyl (C=O) groups is 2. The van der Waals surface area contributed by atoms with Crippen LogP contribution in [0.3, 0.4) is 0 Å². The number of urea groups is 1. The highest BCUT2D eigenvalue weighted by Crippen LogP contribution is 2.20. The van der Waals surface area contributed by atoms with Crippen LogP contribution in [0.25, 0.3) is 5.69 Å². The van der Waals surface area contributed by atoms with Crippen LogP contribution < -0.4 is 15.5 Å². The van der Waals surface area contributed by atoms with Crippen molar-refractivity contribution in [2.45, 2.75) is 19.0 Å². The Kier molecular flexibility index (Phi) is 4.98. The van der Waals surface area contributed by atoms with E-state index >= 15 is 0 Å². The number of anilines is 1. The summed E-state index contributed by atoms with van der Waals surface area (Å²) in [5.41, 5.74) is 1.69. The third kappa shape index (κ3) is 3.96. The van der Waals surface area contributed by atoms with Gasteiger partial charge in [-0.15, -0.1) is 0 Å². The number of nitrogens with zero attached hydrogens (tertiary/aromatic N) is 5. The zero-order chi connectivity index (χ0) is 20.4. The maximum atomic E-state index is 14.3. The van der Waals surface area contributed by atoms with Crippen molar-refractivity contribution in [3.63, 3.8) is 0 Å². The van der Waals surface area contributed by atoms with Crippen LogP contribution in [0.4, 0.5) is 14.9 Å². The second-order valence-electron chi connectivity index (χ2n) is 6.79. The van der Waals surface area contributed by atoms with Crippen molar-refractivity contribution in [3.05, 3.63) is 60.7 Å². The number of rotatable bonds is 5. The van der Waals surface area contributed by atoms with Gasteiger partial charge in [0.1, 0.15) is 11.9 Å². The molecule has 10 heteroatoms. The average Bonchev–Trinajstić information content (AvgIpc) is 3.43. The van der Waals surface area contributed by atoms with Crippen molar-refractivity contribution in [2.24, 2.45) is 7.05 Å². The minimum absolute atomic E-state index is 0.139. The lowest BCUT2D eigenvalue weighted by Gasteiger charge is -2.15. The van der Waals surface area contributed by atoms with Crippen molar-refractivity contribution in [3.8, 4) is 5.69 Å². The number of aromatic nitrogens is 4. The summed E-state index contributed by atoms with van der Waals surface area (Å²) in [5, 5.41) is 9.40. The van der Waals surface area contributed by atoms with E-state index in [-0.39, 0.29) is 12.5 Å². The molecule has 2 N–H and O–H groups in total. The van der Waals surface area contributed by atoms with E-state index in [1.807, 2.05) is 0 Å². The van der Waals surface area contributed by atoms with Gasteiger partial charge in [0.15, 0.2) is 0 Å². The van der Waals surface area contributed by atoms with Crippen molar-refractivity contribution >= 4 is 17.6 Å². The summed E-state index contributed by atoms with van der Waals surface area (Å²) >= 11 is 0. The lowest BCUT2D eigenvalue weighted by atomic mass is 10.2. The van der Waals surface area contributed by atoms with Crippen LogP contribution >= 0.6 is 0 Å². The first-order valence-electron chi connectivity index (χ1n) is 9.12. The standard InChI is InChI=1S/C19H20FN7O2/c1-25-11-14(10-23-25)27-6-4-16(18(27)28)24-19(29)22-9-13-2-3-17(15(20)8-13)26-7-5-21-12-26/h2-3,5,7-8,10-12,16H,4,6,9H2,1H3,(H2,22,24,29). The molecule has 1 fully saturated rings. The third-order valence-electron chi connectivity index (χ3n) is 4.76. The van der Waals surface area contributed by atoms with Gasteiger partial charge >= 0.3 is 6.03 Å². The Labute approximate surface area is 166 Å². The van der Waals surface area contributed by atoms with Crippen LogP contribution in [0.1, 0.15) is 12.0 Å². The molecule has 1 unspecified atom stereocenters. The van der Waals surface area contributed by atoms with E-state index < -0.39 is 17.9 Å². The minimum atomic E-state index is -0.601. The Bertz CT molecular complexity index is 1030. The summed E-state index contributed by atoms with van der Waals surface area (Å²) in [5.74, 6) is -0.593. The molecule has 3 aromatic rings. The van der Waals surface area contributed by atoms with E-state index in [4.69, 9.17) is 0 Å². The van der Waals surface area contributed by atoms with Crippen LogP contribution in [0.2, 0.25) is 0 Å². The number of halogens is 1. The second kappa shape index (κ2) is 7.74. The smallest absolute Gasteiger partial charge is 0.315 e. The molecule has 0 aliphatic carbocycles. The molecule has 29 heavy (non-hydrogen) atoms. The zero-order valence-corrected chi connectivity index (χ0v) is 15.7. The summed E-state index contributed by atoms with van der Waals surface area (Å²) in [6, 6.07) is 3.63. The van der Waals surface area contributed by atoms with Crippen LogP contribution in [0.5, 0.6) is 0 Å². The maximum Gasteiger partial charge on any atom is 0.315 e. The zero-order valence-electron chi connectivity index (χ0n) is 15.7. The molecule has 1 aliphatic rings. The van der Waals surface area contributed by atoms with Gasteiger partial charge in [-0.3, -0.25) is 9.48 Å². The van der Waals surface area contributed by atoms with Crippen molar-refractivity contribution < 1.29 is 14.0 Å². The molecular weight excluding hydrogens is 377 g/mol. The number of benzene rings is 1. The second-order valence-corrected chi connectivity index (χ2v) is 6.79. The summed E-state index contributed by atoms with van der Waals surface area (Å²) in [7, 11) is 1.78. The van der Waals surface area contributed by atoms with Crippen LogP contribution in [-0.2, 0) is 18.4 Å². The molecule has 2 aromatic heterocycles. The van der Waals surface area contributed by atoms with Gasteiger partial charge in [-0.2, -0.15) is 5.10 Å². The predicted octanol–water partition coefficient (Wildman–Crippen LogP) is 1.35. The summed E-state index contributed by atoms with van der Waals surface area (Å²) in [6.07, 6.45) is 8.60. The topological polar surface area (TPSA) is 97.1 Å². The molecule has 1 aromatic carbocycles. The monoisotopic (exact) mass is 397 g/mol. The van der Waals surface area contributed by atoms with E-state index in [1.54, 1.807) is 58.1 Å². The summed E-state index contributed by atoms with van der Waals surface area (Å²) < 4.78 is 17.5. The minimum Gasteiger partial charge on any atom is -0.334 e. The number of hydrogen-bond acceptors (Lipinski definition) is 4. The Morgan fingerprint density at radius 3 is 2.93 bits per heavy atom. The van der Waals surface area contributed by atoms with Gasteiger partial charge in [-0.25, -0.2) is 14.2 Å². The molecule has 4 rings (SSSR count). The fourth-order valence-electron chi connectivity index (χ4n) is 3.28. The lowest BCUT2D eigenvalue weighted by molar-refractivity contribution is -0.118. The van der Waals surface area contributed by atoms with Gasteiger partial charge in [0, 0.05) is 38.7 Å². The third-order valence-corrected chi connectivity index (χ3v) is 4.76. The highest BCUT2D eigenvalue weighted by atomic mass is 19.1. The van der Waals surface area contributed by atoms with Crippen LogP contribution in [0.15, 0.2) is 49.3 Å². The Morgan fingerprint density at radius 1 is 1.38 bits per heavy atom. The van der Waals surface area contributed by atoms with Crippen molar-refractivity contribution in [2.75, 3.05) is 11.4 Å². The molecule has 0 saturated carbocycles. The molecule has 0 radical (unpaired) electrons. The van der Waals surface area contributed by atoms with E-state index in [0.29, 0.717) is 29.9 Å². The average molecular weight is 397 g/mol. The number of amides is 3. The number of hydrogen-bond donors (Lipinski definition) is 2. The Hall–Kier alpha value is -3.69. The molecule has 150 valence electrons. The molecule has 0 bridgehead atoms. The van der Waals surface area contributed by atoms with Crippen LogP contribution in [-0.4, -0.2) is 43.9 Å². The SMILES string of the molecule is Cn1cc(N2CCC(NC(=O)NCc3ccc(-n4ccnc4)c(F)c3)C2=O)cn1. The largest absolute Gasteiger partial charge is 0.334 e. The van der Waals surface area contributed by atoms with Gasteiger partial charge in [0.05, 0.1) is 23.9 Å². The fourth-order valence-corrected chi connectivity index (χ4v) is 3.28. The van der Waals surface area contributed by atoms with E-state index in [9.17, 15) is 14.0 Å². The molecular formula is C19H20FN7O2. The molecule has 3 heterocycles.